The van der Waals surface area contributed by atoms with Gasteiger partial charge in [0.05, 0.1) is 5.69 Å². The van der Waals surface area contributed by atoms with Crippen molar-refractivity contribution in [2.75, 3.05) is 0 Å². The van der Waals surface area contributed by atoms with E-state index in [2.05, 4.69) is 33.9 Å². The summed E-state index contributed by atoms with van der Waals surface area (Å²) < 4.78 is 1.04. The van der Waals surface area contributed by atoms with E-state index in [1.54, 1.807) is 0 Å². The Morgan fingerprint density at radius 2 is 2.00 bits per heavy atom. The molecule has 0 radical (unpaired) electrons. The van der Waals surface area contributed by atoms with Crippen molar-refractivity contribution < 1.29 is 0 Å². The number of fused-ring (bicyclic) bond motifs is 1. The van der Waals surface area contributed by atoms with Crippen LogP contribution in [-0.2, 0) is 0 Å². The largest absolute Gasteiger partial charge is 0.240 e. The molecule has 14 heavy (non-hydrogen) atoms. The highest BCUT2D eigenvalue weighted by Gasteiger charge is 2.09. The van der Waals surface area contributed by atoms with E-state index in [0.29, 0.717) is 5.15 Å². The summed E-state index contributed by atoms with van der Waals surface area (Å²) >= 11 is 9.62. The molecule has 0 saturated heterocycles. The molecule has 1 heterocycles. The Morgan fingerprint density at radius 1 is 1.29 bits per heavy atom. The first-order valence-electron chi connectivity index (χ1n) is 4.32. The summed E-state index contributed by atoms with van der Waals surface area (Å²) in [4.78, 5) is 4.26. The standard InChI is InChI=1S/C11H9BrClN/c1-6-4-3-5-8-9(6)10(12)7(2)14-11(8)13/h3-5H,1-2H3. The molecule has 0 fully saturated rings. The number of pyridine rings is 1. The third kappa shape index (κ3) is 1.43. The Bertz CT molecular complexity index is 508. The molecule has 0 N–H and O–H groups in total. The molecule has 2 aromatic rings. The van der Waals surface area contributed by atoms with Crippen molar-refractivity contribution in [1.29, 1.82) is 0 Å². The van der Waals surface area contributed by atoms with Crippen LogP contribution in [0.2, 0.25) is 5.15 Å². The predicted molar refractivity (Wildman–Crippen MR) is 63.9 cm³/mol. The highest BCUT2D eigenvalue weighted by molar-refractivity contribution is 9.10. The van der Waals surface area contributed by atoms with Gasteiger partial charge in [0.15, 0.2) is 0 Å². The van der Waals surface area contributed by atoms with Gasteiger partial charge in [-0.05, 0) is 35.3 Å². The average molecular weight is 271 g/mol. The number of aryl methyl sites for hydroxylation is 2. The van der Waals surface area contributed by atoms with Gasteiger partial charge in [0.1, 0.15) is 5.15 Å². The third-order valence-electron chi connectivity index (χ3n) is 2.30. The van der Waals surface area contributed by atoms with Crippen LogP contribution in [0.15, 0.2) is 22.7 Å². The van der Waals surface area contributed by atoms with E-state index < -0.39 is 0 Å². The molecule has 0 saturated carbocycles. The van der Waals surface area contributed by atoms with Gasteiger partial charge in [0.25, 0.3) is 0 Å². The molecule has 0 bridgehead atoms. The van der Waals surface area contributed by atoms with E-state index in [0.717, 1.165) is 20.9 Å². The SMILES string of the molecule is Cc1nc(Cl)c2cccc(C)c2c1Br. The topological polar surface area (TPSA) is 12.9 Å². The van der Waals surface area contributed by atoms with Crippen LogP contribution in [0, 0.1) is 13.8 Å². The summed E-state index contributed by atoms with van der Waals surface area (Å²) in [6, 6.07) is 6.05. The third-order valence-corrected chi connectivity index (χ3v) is 3.56. The van der Waals surface area contributed by atoms with Crippen molar-refractivity contribution in [3.8, 4) is 0 Å². The van der Waals surface area contributed by atoms with Gasteiger partial charge in [-0.1, -0.05) is 29.8 Å². The second-order valence-corrected chi connectivity index (χ2v) is 4.45. The van der Waals surface area contributed by atoms with Crippen molar-refractivity contribution >= 4 is 38.3 Å². The lowest BCUT2D eigenvalue weighted by molar-refractivity contribution is 1.20. The Kier molecular flexibility index (Phi) is 2.50. The van der Waals surface area contributed by atoms with Gasteiger partial charge < -0.3 is 0 Å². The Morgan fingerprint density at radius 3 is 2.71 bits per heavy atom. The predicted octanol–water partition coefficient (Wildman–Crippen LogP) is 4.27. The molecule has 0 unspecified atom stereocenters. The second-order valence-electron chi connectivity index (χ2n) is 3.30. The van der Waals surface area contributed by atoms with Crippen LogP contribution in [0.1, 0.15) is 11.3 Å². The maximum Gasteiger partial charge on any atom is 0.137 e. The van der Waals surface area contributed by atoms with E-state index in [1.165, 1.54) is 5.56 Å². The number of benzene rings is 1. The molecule has 0 aliphatic heterocycles. The van der Waals surface area contributed by atoms with Crippen LogP contribution in [0.5, 0.6) is 0 Å². The zero-order chi connectivity index (χ0) is 10.3. The summed E-state index contributed by atoms with van der Waals surface area (Å²) in [5, 5.41) is 2.73. The Hall–Kier alpha value is -0.600. The summed E-state index contributed by atoms with van der Waals surface area (Å²) in [6.45, 7) is 4.02. The molecule has 3 heteroatoms. The summed E-state index contributed by atoms with van der Waals surface area (Å²) in [5.74, 6) is 0. The van der Waals surface area contributed by atoms with Crippen molar-refractivity contribution in [2.45, 2.75) is 13.8 Å². The van der Waals surface area contributed by atoms with E-state index in [4.69, 9.17) is 11.6 Å². The van der Waals surface area contributed by atoms with Gasteiger partial charge in [-0.25, -0.2) is 4.98 Å². The number of rotatable bonds is 0. The summed E-state index contributed by atoms with van der Waals surface area (Å²) in [7, 11) is 0. The summed E-state index contributed by atoms with van der Waals surface area (Å²) in [5.41, 5.74) is 2.14. The number of hydrogen-bond donors (Lipinski definition) is 0. The Balaban J connectivity index is 3.03. The minimum Gasteiger partial charge on any atom is -0.240 e. The van der Waals surface area contributed by atoms with E-state index in [1.807, 2.05) is 19.1 Å². The Labute approximate surface area is 96.2 Å². The fourth-order valence-electron chi connectivity index (χ4n) is 1.57. The van der Waals surface area contributed by atoms with E-state index in [-0.39, 0.29) is 0 Å². The van der Waals surface area contributed by atoms with Gasteiger partial charge >= 0.3 is 0 Å². The van der Waals surface area contributed by atoms with Crippen molar-refractivity contribution in [3.63, 3.8) is 0 Å². The zero-order valence-corrected chi connectivity index (χ0v) is 10.3. The maximum absolute atomic E-state index is 6.07. The molecule has 72 valence electrons. The monoisotopic (exact) mass is 269 g/mol. The van der Waals surface area contributed by atoms with Crippen molar-refractivity contribution in [1.82, 2.24) is 4.98 Å². The molecule has 0 amide bonds. The lowest BCUT2D eigenvalue weighted by Crippen LogP contribution is -1.89. The molecule has 1 aromatic heterocycles. The van der Waals surface area contributed by atoms with Gasteiger partial charge in [0, 0.05) is 15.2 Å². The highest BCUT2D eigenvalue weighted by atomic mass is 79.9. The minimum absolute atomic E-state index is 0.574. The smallest absolute Gasteiger partial charge is 0.137 e. The van der Waals surface area contributed by atoms with Crippen LogP contribution in [0.25, 0.3) is 10.8 Å². The van der Waals surface area contributed by atoms with Gasteiger partial charge in [0.2, 0.25) is 0 Å². The number of aromatic nitrogens is 1. The zero-order valence-electron chi connectivity index (χ0n) is 7.94. The molecule has 2 rings (SSSR count). The number of nitrogens with zero attached hydrogens (tertiary/aromatic N) is 1. The lowest BCUT2D eigenvalue weighted by atomic mass is 10.1. The fourth-order valence-corrected chi connectivity index (χ4v) is 2.47. The normalized spacial score (nSPS) is 10.9. The molecular weight excluding hydrogens is 261 g/mol. The van der Waals surface area contributed by atoms with Crippen LogP contribution in [-0.4, -0.2) is 4.98 Å². The summed E-state index contributed by atoms with van der Waals surface area (Å²) in [6.07, 6.45) is 0. The fraction of sp³-hybridized carbons (Fsp3) is 0.182. The van der Waals surface area contributed by atoms with Gasteiger partial charge in [-0.2, -0.15) is 0 Å². The highest BCUT2D eigenvalue weighted by Crippen LogP contribution is 2.32. The first-order chi connectivity index (χ1) is 6.61. The molecule has 0 aliphatic carbocycles. The molecular formula is C11H9BrClN. The first kappa shape index (κ1) is 9.94. The minimum atomic E-state index is 0.574. The van der Waals surface area contributed by atoms with Crippen LogP contribution < -0.4 is 0 Å². The quantitative estimate of drug-likeness (QED) is 0.652. The molecule has 1 nitrogen and oxygen atoms in total. The number of halogens is 2. The van der Waals surface area contributed by atoms with Crippen molar-refractivity contribution in [3.05, 3.63) is 39.1 Å². The van der Waals surface area contributed by atoms with E-state index >= 15 is 0 Å². The first-order valence-corrected chi connectivity index (χ1v) is 5.49. The molecule has 0 aliphatic rings. The number of hydrogen-bond acceptors (Lipinski definition) is 1. The maximum atomic E-state index is 6.07. The average Bonchev–Trinajstić information content (AvgIpc) is 2.14. The van der Waals surface area contributed by atoms with Gasteiger partial charge in [-0.15, -0.1) is 0 Å². The second kappa shape index (κ2) is 3.52. The molecule has 0 spiro atoms. The van der Waals surface area contributed by atoms with Crippen LogP contribution >= 0.6 is 27.5 Å². The van der Waals surface area contributed by atoms with Crippen molar-refractivity contribution in [2.24, 2.45) is 0 Å². The lowest BCUT2D eigenvalue weighted by Gasteiger charge is -2.08. The molecule has 0 atom stereocenters. The van der Waals surface area contributed by atoms with Gasteiger partial charge in [-0.3, -0.25) is 0 Å². The van der Waals surface area contributed by atoms with E-state index in [9.17, 15) is 0 Å². The van der Waals surface area contributed by atoms with Crippen LogP contribution in [0.3, 0.4) is 0 Å². The molecule has 1 aromatic carbocycles. The van der Waals surface area contributed by atoms with Crippen LogP contribution in [0.4, 0.5) is 0 Å².